The molecule has 1 aromatic rings. The predicted octanol–water partition coefficient (Wildman–Crippen LogP) is 3.39. The van der Waals surface area contributed by atoms with Gasteiger partial charge in [0, 0.05) is 5.92 Å². The predicted molar refractivity (Wildman–Crippen MR) is 72.3 cm³/mol. The van der Waals surface area contributed by atoms with Crippen molar-refractivity contribution in [3.8, 4) is 0 Å². The molecular weight excluding hydrogens is 280 g/mol. The molecule has 1 saturated carbocycles. The van der Waals surface area contributed by atoms with E-state index in [1.165, 1.54) is 12.8 Å². The topological polar surface area (TPSA) is 45.8 Å². The number of aromatic nitrogens is 2. The normalized spacial score (nSPS) is 24.9. The van der Waals surface area contributed by atoms with Gasteiger partial charge >= 0.3 is 0 Å². The van der Waals surface area contributed by atoms with Crippen LogP contribution in [0.1, 0.15) is 57.0 Å². The molecule has 1 aromatic heterocycles. The second kappa shape index (κ2) is 5.34. The molecule has 3 nitrogen and oxygen atoms in total. The Hall–Kier alpha value is -0.640. The van der Waals surface area contributed by atoms with E-state index in [9.17, 15) is 4.79 Å². The molecule has 0 unspecified atom stereocenters. The average Bonchev–Trinajstić information content (AvgIpc) is 2.33. The number of nitrogens with zero attached hydrogens (tertiary/aromatic N) is 1. The van der Waals surface area contributed by atoms with Crippen molar-refractivity contribution in [1.29, 1.82) is 0 Å². The van der Waals surface area contributed by atoms with Crippen molar-refractivity contribution in [1.82, 2.24) is 9.97 Å². The minimum absolute atomic E-state index is 0.0366. The van der Waals surface area contributed by atoms with Crippen molar-refractivity contribution in [2.24, 2.45) is 5.92 Å². The fourth-order valence-electron chi connectivity index (χ4n) is 2.49. The first kappa shape index (κ1) is 12.8. The van der Waals surface area contributed by atoms with Crippen LogP contribution in [-0.4, -0.2) is 9.97 Å². The van der Waals surface area contributed by atoms with Crippen LogP contribution in [0.2, 0.25) is 0 Å². The van der Waals surface area contributed by atoms with Crippen molar-refractivity contribution in [2.45, 2.75) is 51.9 Å². The Bertz CT molecular complexity index is 447. The van der Waals surface area contributed by atoms with Gasteiger partial charge in [0.2, 0.25) is 0 Å². The molecule has 0 atom stereocenters. The third-order valence-corrected chi connectivity index (χ3v) is 4.50. The Morgan fingerprint density at radius 3 is 2.59 bits per heavy atom. The molecule has 1 N–H and O–H groups in total. The number of halogens is 1. The van der Waals surface area contributed by atoms with Gasteiger partial charge in [-0.15, -0.1) is 0 Å². The standard InChI is InChI=1S/C13H19BrN2O/c1-3-10-11(14)13(17)16-12(15-10)9-6-4-8(2)5-7-9/h8-9H,3-7H2,1-2H3,(H,15,16,17). The van der Waals surface area contributed by atoms with Crippen LogP contribution in [0.25, 0.3) is 0 Å². The van der Waals surface area contributed by atoms with Crippen LogP contribution in [0, 0.1) is 5.92 Å². The Balaban J connectivity index is 2.27. The fourth-order valence-corrected chi connectivity index (χ4v) is 2.95. The highest BCUT2D eigenvalue weighted by Gasteiger charge is 2.22. The molecule has 4 heteroatoms. The maximum Gasteiger partial charge on any atom is 0.265 e. The summed E-state index contributed by atoms with van der Waals surface area (Å²) in [6, 6.07) is 0. The number of hydrogen-bond acceptors (Lipinski definition) is 2. The van der Waals surface area contributed by atoms with Crippen LogP contribution in [0.15, 0.2) is 9.27 Å². The summed E-state index contributed by atoms with van der Waals surface area (Å²) in [5.41, 5.74) is 0.841. The number of aromatic amines is 1. The van der Waals surface area contributed by atoms with Crippen LogP contribution in [0.4, 0.5) is 0 Å². The van der Waals surface area contributed by atoms with Gasteiger partial charge in [-0.3, -0.25) is 4.79 Å². The van der Waals surface area contributed by atoms with Gasteiger partial charge < -0.3 is 4.98 Å². The van der Waals surface area contributed by atoms with Crippen molar-refractivity contribution >= 4 is 15.9 Å². The summed E-state index contributed by atoms with van der Waals surface area (Å²) in [7, 11) is 0. The van der Waals surface area contributed by atoms with Crippen molar-refractivity contribution in [2.75, 3.05) is 0 Å². The Kier molecular flexibility index (Phi) is 4.02. The average molecular weight is 299 g/mol. The summed E-state index contributed by atoms with van der Waals surface area (Å²) in [4.78, 5) is 19.3. The molecule has 94 valence electrons. The minimum Gasteiger partial charge on any atom is -0.309 e. The first-order valence-corrected chi connectivity index (χ1v) is 7.19. The first-order chi connectivity index (χ1) is 8.11. The Morgan fingerprint density at radius 2 is 2.00 bits per heavy atom. The SMILES string of the molecule is CCc1nc(C2CCC(C)CC2)[nH]c(=O)c1Br. The van der Waals surface area contributed by atoms with Gasteiger partial charge in [-0.2, -0.15) is 0 Å². The lowest BCUT2D eigenvalue weighted by atomic mass is 9.82. The zero-order valence-corrected chi connectivity index (χ0v) is 12.0. The Morgan fingerprint density at radius 1 is 1.35 bits per heavy atom. The van der Waals surface area contributed by atoms with Gasteiger partial charge in [-0.05, 0) is 41.1 Å². The zero-order chi connectivity index (χ0) is 12.4. The molecule has 0 aromatic carbocycles. The third kappa shape index (κ3) is 2.79. The van der Waals surface area contributed by atoms with Crippen LogP contribution >= 0.6 is 15.9 Å². The smallest absolute Gasteiger partial charge is 0.265 e. The number of H-pyrrole nitrogens is 1. The second-order valence-corrected chi connectivity index (χ2v) is 5.82. The summed E-state index contributed by atoms with van der Waals surface area (Å²) in [5, 5.41) is 0. The van der Waals surface area contributed by atoms with Crippen molar-refractivity contribution in [3.63, 3.8) is 0 Å². The molecule has 17 heavy (non-hydrogen) atoms. The van der Waals surface area contributed by atoms with E-state index in [-0.39, 0.29) is 5.56 Å². The highest BCUT2D eigenvalue weighted by molar-refractivity contribution is 9.10. The van der Waals surface area contributed by atoms with Crippen LogP contribution < -0.4 is 5.56 Å². The van der Waals surface area contributed by atoms with Crippen LogP contribution in [-0.2, 0) is 6.42 Å². The fraction of sp³-hybridized carbons (Fsp3) is 0.692. The van der Waals surface area contributed by atoms with E-state index in [1.807, 2.05) is 6.92 Å². The number of nitrogens with one attached hydrogen (secondary N) is 1. The highest BCUT2D eigenvalue weighted by atomic mass is 79.9. The van der Waals surface area contributed by atoms with E-state index in [0.29, 0.717) is 10.4 Å². The lowest BCUT2D eigenvalue weighted by molar-refractivity contribution is 0.339. The van der Waals surface area contributed by atoms with Crippen molar-refractivity contribution < 1.29 is 0 Å². The molecule has 0 spiro atoms. The molecular formula is C13H19BrN2O. The largest absolute Gasteiger partial charge is 0.309 e. The quantitative estimate of drug-likeness (QED) is 0.910. The van der Waals surface area contributed by atoms with E-state index in [1.54, 1.807) is 0 Å². The first-order valence-electron chi connectivity index (χ1n) is 6.40. The van der Waals surface area contributed by atoms with E-state index < -0.39 is 0 Å². The van der Waals surface area contributed by atoms with Crippen molar-refractivity contribution in [3.05, 3.63) is 26.3 Å². The third-order valence-electron chi connectivity index (χ3n) is 3.69. The van der Waals surface area contributed by atoms with E-state index >= 15 is 0 Å². The van der Waals surface area contributed by atoms with Gasteiger partial charge in [0.05, 0.1) is 5.69 Å². The lowest BCUT2D eigenvalue weighted by Gasteiger charge is -2.25. The van der Waals surface area contributed by atoms with Crippen LogP contribution in [0.3, 0.4) is 0 Å². The molecule has 1 aliphatic rings. The maximum absolute atomic E-state index is 11.8. The molecule has 0 saturated heterocycles. The number of aryl methyl sites for hydroxylation is 1. The lowest BCUT2D eigenvalue weighted by Crippen LogP contribution is -2.20. The molecule has 1 fully saturated rings. The maximum atomic E-state index is 11.8. The number of hydrogen-bond donors (Lipinski definition) is 1. The molecule has 0 aliphatic heterocycles. The molecule has 0 amide bonds. The van der Waals surface area contributed by atoms with Gasteiger partial charge in [0.1, 0.15) is 10.3 Å². The molecule has 0 radical (unpaired) electrons. The summed E-state index contributed by atoms with van der Waals surface area (Å²) in [6.45, 7) is 4.32. The van der Waals surface area contributed by atoms with Gasteiger partial charge in [-0.25, -0.2) is 4.98 Å². The van der Waals surface area contributed by atoms with Gasteiger partial charge in [0.15, 0.2) is 0 Å². The van der Waals surface area contributed by atoms with Crippen LogP contribution in [0.5, 0.6) is 0 Å². The summed E-state index contributed by atoms with van der Waals surface area (Å²) in [6.07, 6.45) is 5.57. The summed E-state index contributed by atoms with van der Waals surface area (Å²) < 4.78 is 0.591. The van der Waals surface area contributed by atoms with E-state index in [2.05, 4.69) is 32.8 Å². The van der Waals surface area contributed by atoms with E-state index in [4.69, 9.17) is 0 Å². The number of rotatable bonds is 2. The second-order valence-electron chi connectivity index (χ2n) is 5.02. The molecule has 1 heterocycles. The molecule has 2 rings (SSSR count). The molecule has 0 bridgehead atoms. The highest BCUT2D eigenvalue weighted by Crippen LogP contribution is 2.33. The zero-order valence-electron chi connectivity index (χ0n) is 10.4. The van der Waals surface area contributed by atoms with Gasteiger partial charge in [0.25, 0.3) is 5.56 Å². The van der Waals surface area contributed by atoms with E-state index in [0.717, 1.165) is 36.7 Å². The van der Waals surface area contributed by atoms with Gasteiger partial charge in [-0.1, -0.05) is 26.7 Å². The summed E-state index contributed by atoms with van der Waals surface area (Å²) in [5.74, 6) is 2.15. The summed E-state index contributed by atoms with van der Waals surface area (Å²) >= 11 is 3.30. The minimum atomic E-state index is -0.0366. The monoisotopic (exact) mass is 298 g/mol. The Labute approximate surface area is 110 Å². The molecule has 1 aliphatic carbocycles.